The highest BCUT2D eigenvalue weighted by Gasteiger charge is 1.98. The molecule has 0 aromatic carbocycles. The van der Waals surface area contributed by atoms with E-state index < -0.39 is 0 Å². The van der Waals surface area contributed by atoms with Crippen LogP contribution in [0.2, 0.25) is 0 Å². The van der Waals surface area contributed by atoms with Crippen LogP contribution in [-0.4, -0.2) is 15.0 Å². The van der Waals surface area contributed by atoms with Crippen LogP contribution >= 0.6 is 0 Å². The highest BCUT2D eigenvalue weighted by atomic mass is 14.9. The van der Waals surface area contributed by atoms with Crippen LogP contribution in [0.15, 0.2) is 36.9 Å². The van der Waals surface area contributed by atoms with Crippen LogP contribution in [0.1, 0.15) is 0 Å². The lowest BCUT2D eigenvalue weighted by Crippen LogP contribution is -1.91. The zero-order valence-electron chi connectivity index (χ0n) is 6.88. The highest BCUT2D eigenvalue weighted by molar-refractivity contribution is 5.58. The van der Waals surface area contributed by atoms with Crippen molar-refractivity contribution in [1.82, 2.24) is 15.0 Å². The van der Waals surface area contributed by atoms with Crippen LogP contribution in [0.4, 0.5) is 5.82 Å². The molecule has 0 amide bonds. The van der Waals surface area contributed by atoms with Crippen molar-refractivity contribution in [1.29, 1.82) is 0 Å². The molecule has 2 aromatic heterocycles. The molecule has 0 aliphatic rings. The third kappa shape index (κ3) is 1.61. The molecular formula is C9H8N4. The summed E-state index contributed by atoms with van der Waals surface area (Å²) < 4.78 is 0. The summed E-state index contributed by atoms with van der Waals surface area (Å²) in [5.74, 6) is 0.501. The minimum absolute atomic E-state index is 0.501. The van der Waals surface area contributed by atoms with Crippen molar-refractivity contribution < 1.29 is 0 Å². The van der Waals surface area contributed by atoms with Gasteiger partial charge in [-0.1, -0.05) is 6.07 Å². The number of nitrogen functional groups attached to an aromatic ring is 1. The molecule has 13 heavy (non-hydrogen) atoms. The maximum atomic E-state index is 5.54. The average molecular weight is 172 g/mol. The Morgan fingerprint density at radius 3 is 2.54 bits per heavy atom. The molecular weight excluding hydrogens is 164 g/mol. The summed E-state index contributed by atoms with van der Waals surface area (Å²) in [4.78, 5) is 11.9. The number of anilines is 1. The molecule has 0 aliphatic carbocycles. The van der Waals surface area contributed by atoms with E-state index in [0.717, 1.165) is 11.3 Å². The normalized spacial score (nSPS) is 9.85. The highest BCUT2D eigenvalue weighted by Crippen LogP contribution is 2.14. The van der Waals surface area contributed by atoms with Crippen LogP contribution in [-0.2, 0) is 0 Å². The predicted molar refractivity (Wildman–Crippen MR) is 49.7 cm³/mol. The number of rotatable bonds is 1. The second-order valence-electron chi connectivity index (χ2n) is 2.57. The Kier molecular flexibility index (Phi) is 1.88. The van der Waals surface area contributed by atoms with Gasteiger partial charge < -0.3 is 5.73 Å². The summed E-state index contributed by atoms with van der Waals surface area (Å²) in [7, 11) is 0. The Morgan fingerprint density at radius 1 is 1.08 bits per heavy atom. The first-order valence-electron chi connectivity index (χ1n) is 3.84. The van der Waals surface area contributed by atoms with Crippen LogP contribution in [0.25, 0.3) is 11.3 Å². The number of pyridine rings is 1. The minimum atomic E-state index is 0.501. The molecule has 0 aliphatic heterocycles. The van der Waals surface area contributed by atoms with Crippen molar-refractivity contribution in [2.24, 2.45) is 0 Å². The summed E-state index contributed by atoms with van der Waals surface area (Å²) in [6, 6.07) is 5.47. The molecule has 64 valence electrons. The molecule has 2 rings (SSSR count). The molecule has 2 heterocycles. The fraction of sp³-hybridized carbons (Fsp3) is 0. The molecule has 4 nitrogen and oxygen atoms in total. The van der Waals surface area contributed by atoms with E-state index in [4.69, 9.17) is 5.73 Å². The Labute approximate surface area is 75.5 Å². The van der Waals surface area contributed by atoms with Gasteiger partial charge >= 0.3 is 0 Å². The van der Waals surface area contributed by atoms with Crippen LogP contribution in [0.5, 0.6) is 0 Å². The SMILES string of the molecule is Nc1cccc(-c2cncnc2)n1. The van der Waals surface area contributed by atoms with E-state index in [2.05, 4.69) is 15.0 Å². The maximum absolute atomic E-state index is 5.54. The van der Waals surface area contributed by atoms with Crippen LogP contribution in [0.3, 0.4) is 0 Å². The van der Waals surface area contributed by atoms with Crippen molar-refractivity contribution in [3.8, 4) is 11.3 Å². The second-order valence-corrected chi connectivity index (χ2v) is 2.57. The first-order valence-corrected chi connectivity index (χ1v) is 3.84. The van der Waals surface area contributed by atoms with Gasteiger partial charge in [0, 0.05) is 18.0 Å². The fourth-order valence-corrected chi connectivity index (χ4v) is 1.04. The first-order chi connectivity index (χ1) is 6.36. The Morgan fingerprint density at radius 2 is 1.85 bits per heavy atom. The van der Waals surface area contributed by atoms with Gasteiger partial charge in [0.05, 0.1) is 5.69 Å². The van der Waals surface area contributed by atoms with E-state index in [-0.39, 0.29) is 0 Å². The molecule has 0 unspecified atom stereocenters. The molecule has 4 heteroatoms. The van der Waals surface area contributed by atoms with Crippen molar-refractivity contribution in [3.05, 3.63) is 36.9 Å². The van der Waals surface area contributed by atoms with E-state index in [1.165, 1.54) is 6.33 Å². The quantitative estimate of drug-likeness (QED) is 0.700. The summed E-state index contributed by atoms with van der Waals surface area (Å²) >= 11 is 0. The van der Waals surface area contributed by atoms with Gasteiger partial charge in [0.1, 0.15) is 12.1 Å². The summed E-state index contributed by atoms with van der Waals surface area (Å²) in [6.07, 6.45) is 4.89. The largest absolute Gasteiger partial charge is 0.384 e. The Bertz CT molecular complexity index is 399. The fourth-order valence-electron chi connectivity index (χ4n) is 1.04. The lowest BCUT2D eigenvalue weighted by Gasteiger charge is -1.99. The smallest absolute Gasteiger partial charge is 0.124 e. The average Bonchev–Trinajstić information content (AvgIpc) is 2.19. The Hall–Kier alpha value is -1.97. The zero-order chi connectivity index (χ0) is 9.10. The van der Waals surface area contributed by atoms with Gasteiger partial charge in [-0.2, -0.15) is 0 Å². The van der Waals surface area contributed by atoms with Gasteiger partial charge in [0.15, 0.2) is 0 Å². The lowest BCUT2D eigenvalue weighted by atomic mass is 10.2. The van der Waals surface area contributed by atoms with Crippen molar-refractivity contribution in [2.45, 2.75) is 0 Å². The van der Waals surface area contributed by atoms with Crippen LogP contribution in [0, 0.1) is 0 Å². The van der Waals surface area contributed by atoms with Crippen molar-refractivity contribution in [2.75, 3.05) is 5.73 Å². The minimum Gasteiger partial charge on any atom is -0.384 e. The van der Waals surface area contributed by atoms with Gasteiger partial charge in [0.25, 0.3) is 0 Å². The maximum Gasteiger partial charge on any atom is 0.124 e. The molecule has 2 aromatic rings. The molecule has 0 saturated heterocycles. The standard InChI is InChI=1S/C9H8N4/c10-9-3-1-2-8(13-9)7-4-11-6-12-5-7/h1-6H,(H2,10,13). The number of nitrogens with two attached hydrogens (primary N) is 1. The molecule has 0 bridgehead atoms. The van der Waals surface area contributed by atoms with Crippen molar-refractivity contribution >= 4 is 5.82 Å². The van der Waals surface area contributed by atoms with Gasteiger partial charge in [0.2, 0.25) is 0 Å². The number of aromatic nitrogens is 3. The molecule has 0 atom stereocenters. The van der Waals surface area contributed by atoms with Gasteiger partial charge in [-0.3, -0.25) is 0 Å². The van der Waals surface area contributed by atoms with Gasteiger partial charge in [-0.05, 0) is 12.1 Å². The lowest BCUT2D eigenvalue weighted by molar-refractivity contribution is 1.16. The topological polar surface area (TPSA) is 64.7 Å². The van der Waals surface area contributed by atoms with Crippen molar-refractivity contribution in [3.63, 3.8) is 0 Å². The number of nitrogens with zero attached hydrogens (tertiary/aromatic N) is 3. The molecule has 2 N–H and O–H groups in total. The summed E-state index contributed by atoms with van der Waals surface area (Å²) in [6.45, 7) is 0. The third-order valence-electron chi connectivity index (χ3n) is 1.63. The number of hydrogen-bond acceptors (Lipinski definition) is 4. The molecule has 0 saturated carbocycles. The van der Waals surface area contributed by atoms with E-state index in [1.807, 2.05) is 12.1 Å². The monoisotopic (exact) mass is 172 g/mol. The van der Waals surface area contributed by atoms with Gasteiger partial charge in [-0.25, -0.2) is 15.0 Å². The summed E-state index contributed by atoms with van der Waals surface area (Å²) in [5, 5.41) is 0. The third-order valence-corrected chi connectivity index (χ3v) is 1.63. The second kappa shape index (κ2) is 3.18. The number of hydrogen-bond donors (Lipinski definition) is 1. The van der Waals surface area contributed by atoms with Crippen LogP contribution < -0.4 is 5.73 Å². The molecule has 0 fully saturated rings. The Balaban J connectivity index is 2.48. The molecule has 0 radical (unpaired) electrons. The van der Waals surface area contributed by atoms with Gasteiger partial charge in [-0.15, -0.1) is 0 Å². The van der Waals surface area contributed by atoms with E-state index in [0.29, 0.717) is 5.82 Å². The first kappa shape index (κ1) is 7.67. The zero-order valence-corrected chi connectivity index (χ0v) is 6.88. The van der Waals surface area contributed by atoms with E-state index in [1.54, 1.807) is 18.5 Å². The predicted octanol–water partition coefficient (Wildman–Crippen LogP) is 1.12. The molecule has 0 spiro atoms. The van der Waals surface area contributed by atoms with E-state index in [9.17, 15) is 0 Å². The summed E-state index contributed by atoms with van der Waals surface area (Å²) in [5.41, 5.74) is 7.21. The van der Waals surface area contributed by atoms with E-state index >= 15 is 0 Å².